The van der Waals surface area contributed by atoms with E-state index in [4.69, 9.17) is 4.84 Å². The fourth-order valence-corrected chi connectivity index (χ4v) is 1.38. The zero-order valence-electron chi connectivity index (χ0n) is 8.31. The molecule has 0 aromatic rings. The molecule has 80 valence electrons. The lowest BCUT2D eigenvalue weighted by atomic mass is 10.3. The second-order valence-electron chi connectivity index (χ2n) is 3.33. The second kappa shape index (κ2) is 5.72. The lowest BCUT2D eigenvalue weighted by Gasteiger charge is -2.21. The first kappa shape index (κ1) is 11.1. The molecule has 1 fully saturated rings. The van der Waals surface area contributed by atoms with Gasteiger partial charge in [-0.1, -0.05) is 6.92 Å². The van der Waals surface area contributed by atoms with Gasteiger partial charge in [-0.05, 0) is 19.3 Å². The lowest BCUT2D eigenvalue weighted by molar-refractivity contribution is -0.141. The number of hydroxylamine groups is 1. The van der Waals surface area contributed by atoms with Crippen LogP contribution in [0.2, 0.25) is 0 Å². The Labute approximate surface area is 83.4 Å². The molecule has 5 nitrogen and oxygen atoms in total. The predicted molar refractivity (Wildman–Crippen MR) is 50.2 cm³/mol. The fourth-order valence-electron chi connectivity index (χ4n) is 1.38. The van der Waals surface area contributed by atoms with Crippen LogP contribution in [0.1, 0.15) is 26.2 Å². The van der Waals surface area contributed by atoms with Gasteiger partial charge in [-0.3, -0.25) is 9.63 Å². The van der Waals surface area contributed by atoms with Crippen LogP contribution in [0.25, 0.3) is 0 Å². The molecule has 1 saturated heterocycles. The first-order chi connectivity index (χ1) is 6.81. The predicted octanol–water partition coefficient (Wildman–Crippen LogP) is 0.0634. The van der Waals surface area contributed by atoms with Crippen LogP contribution in [0.15, 0.2) is 0 Å². The third kappa shape index (κ3) is 2.78. The summed E-state index contributed by atoms with van der Waals surface area (Å²) in [4.78, 5) is 27.9. The van der Waals surface area contributed by atoms with Gasteiger partial charge in [0.1, 0.15) is 6.29 Å². The molecule has 1 aliphatic heterocycles. The van der Waals surface area contributed by atoms with Crippen LogP contribution in [0.5, 0.6) is 0 Å². The molecule has 0 aliphatic carbocycles. The number of carbonyl (C=O) groups is 2. The summed E-state index contributed by atoms with van der Waals surface area (Å²) in [6.07, 6.45) is 3.81. The van der Waals surface area contributed by atoms with Crippen molar-refractivity contribution in [1.82, 2.24) is 10.4 Å². The summed E-state index contributed by atoms with van der Waals surface area (Å²) in [6.45, 7) is 2.62. The fraction of sp³-hybridized carbons (Fsp3) is 0.778. The molecule has 2 unspecified atom stereocenters. The molecule has 1 heterocycles. The number of carbonyl (C=O) groups excluding carboxylic acids is 2. The van der Waals surface area contributed by atoms with Crippen molar-refractivity contribution >= 4 is 12.7 Å². The highest BCUT2D eigenvalue weighted by molar-refractivity contribution is 5.56. The summed E-state index contributed by atoms with van der Waals surface area (Å²) in [6, 6.07) is -0.288. The van der Waals surface area contributed by atoms with Gasteiger partial charge in [0.05, 0.1) is 6.04 Å². The number of aldehydes is 1. The maximum absolute atomic E-state index is 10.5. The van der Waals surface area contributed by atoms with Gasteiger partial charge < -0.3 is 9.69 Å². The Hall–Kier alpha value is -0.940. The maximum atomic E-state index is 10.5. The topological polar surface area (TPSA) is 58.6 Å². The third-order valence-corrected chi connectivity index (χ3v) is 2.33. The molecule has 14 heavy (non-hydrogen) atoms. The monoisotopic (exact) mass is 200 g/mol. The Balaban J connectivity index is 2.29. The highest BCUT2D eigenvalue weighted by Crippen LogP contribution is 2.15. The van der Waals surface area contributed by atoms with Crippen LogP contribution >= 0.6 is 0 Å². The molecule has 1 amide bonds. The average molecular weight is 200 g/mol. The van der Waals surface area contributed by atoms with Gasteiger partial charge in [0.15, 0.2) is 6.23 Å². The number of rotatable bonds is 6. The van der Waals surface area contributed by atoms with Gasteiger partial charge in [0.2, 0.25) is 6.41 Å². The number of nitrogens with one attached hydrogen (secondary N) is 1. The summed E-state index contributed by atoms with van der Waals surface area (Å²) >= 11 is 0. The van der Waals surface area contributed by atoms with Crippen LogP contribution in [-0.4, -0.2) is 36.4 Å². The third-order valence-electron chi connectivity index (χ3n) is 2.33. The molecule has 1 aliphatic rings. The molecule has 5 heteroatoms. The molecule has 1 N–H and O–H groups in total. The standard InChI is InChI=1S/C9H16N2O3/c1-2-8(6-12)10-14-9-4-3-5-11(9)7-13/h6-10H,2-5H2,1H3. The minimum Gasteiger partial charge on any atom is -0.318 e. The normalized spacial score (nSPS) is 23.5. The Kier molecular flexibility index (Phi) is 4.55. The smallest absolute Gasteiger partial charge is 0.211 e. The van der Waals surface area contributed by atoms with E-state index in [9.17, 15) is 9.59 Å². The van der Waals surface area contributed by atoms with Crippen molar-refractivity contribution < 1.29 is 14.4 Å². The van der Waals surface area contributed by atoms with Gasteiger partial charge >= 0.3 is 0 Å². The summed E-state index contributed by atoms with van der Waals surface area (Å²) in [5.41, 5.74) is 2.66. The zero-order chi connectivity index (χ0) is 10.4. The van der Waals surface area contributed by atoms with Crippen LogP contribution in [0.3, 0.4) is 0 Å². The highest BCUT2D eigenvalue weighted by Gasteiger charge is 2.24. The summed E-state index contributed by atoms with van der Waals surface area (Å²) in [5.74, 6) is 0. The van der Waals surface area contributed by atoms with E-state index in [1.54, 1.807) is 4.90 Å². The van der Waals surface area contributed by atoms with E-state index in [1.165, 1.54) is 0 Å². The van der Waals surface area contributed by atoms with E-state index in [2.05, 4.69) is 5.48 Å². The molecule has 0 bridgehead atoms. The van der Waals surface area contributed by atoms with Crippen LogP contribution in [-0.2, 0) is 14.4 Å². The van der Waals surface area contributed by atoms with E-state index in [1.807, 2.05) is 6.92 Å². The summed E-state index contributed by atoms with van der Waals surface area (Å²) < 4.78 is 0. The second-order valence-corrected chi connectivity index (χ2v) is 3.33. The Morgan fingerprint density at radius 1 is 1.64 bits per heavy atom. The largest absolute Gasteiger partial charge is 0.318 e. The Bertz CT molecular complexity index is 198. The molecule has 0 saturated carbocycles. The molecular formula is C9H16N2O3. The van der Waals surface area contributed by atoms with Crippen molar-refractivity contribution in [1.29, 1.82) is 0 Å². The molecular weight excluding hydrogens is 184 g/mol. The van der Waals surface area contributed by atoms with Gasteiger partial charge in [-0.15, -0.1) is 0 Å². The Morgan fingerprint density at radius 2 is 2.43 bits per heavy atom. The molecule has 0 spiro atoms. The van der Waals surface area contributed by atoms with E-state index < -0.39 is 0 Å². The number of hydrogen-bond acceptors (Lipinski definition) is 4. The van der Waals surface area contributed by atoms with E-state index in [0.717, 1.165) is 32.1 Å². The minimum atomic E-state index is -0.288. The zero-order valence-corrected chi connectivity index (χ0v) is 8.31. The highest BCUT2D eigenvalue weighted by atomic mass is 16.7. The van der Waals surface area contributed by atoms with Gasteiger partial charge in [0.25, 0.3) is 0 Å². The molecule has 0 aromatic heterocycles. The van der Waals surface area contributed by atoms with Crippen molar-refractivity contribution in [3.63, 3.8) is 0 Å². The van der Waals surface area contributed by atoms with Gasteiger partial charge in [-0.2, -0.15) is 5.48 Å². The van der Waals surface area contributed by atoms with Crippen molar-refractivity contribution in [2.75, 3.05) is 6.54 Å². The lowest BCUT2D eigenvalue weighted by Crippen LogP contribution is -2.39. The molecule has 1 rings (SSSR count). The number of likely N-dealkylation sites (tertiary alicyclic amines) is 1. The van der Waals surface area contributed by atoms with Crippen molar-refractivity contribution in [3.05, 3.63) is 0 Å². The molecule has 0 aromatic carbocycles. The minimum absolute atomic E-state index is 0.221. The van der Waals surface area contributed by atoms with Crippen LogP contribution in [0.4, 0.5) is 0 Å². The number of hydrogen-bond donors (Lipinski definition) is 1. The molecule has 2 atom stereocenters. The van der Waals surface area contributed by atoms with Crippen molar-refractivity contribution in [2.45, 2.75) is 38.5 Å². The number of amides is 1. The van der Waals surface area contributed by atoms with Crippen LogP contribution in [0, 0.1) is 0 Å². The first-order valence-corrected chi connectivity index (χ1v) is 4.89. The summed E-state index contributed by atoms with van der Waals surface area (Å²) in [7, 11) is 0. The van der Waals surface area contributed by atoms with Crippen LogP contribution < -0.4 is 5.48 Å². The summed E-state index contributed by atoms with van der Waals surface area (Å²) in [5, 5.41) is 0. The average Bonchev–Trinajstić information content (AvgIpc) is 2.67. The van der Waals surface area contributed by atoms with E-state index >= 15 is 0 Å². The maximum Gasteiger partial charge on any atom is 0.211 e. The van der Waals surface area contributed by atoms with E-state index in [-0.39, 0.29) is 12.3 Å². The SMILES string of the molecule is CCC(C=O)NOC1CCCN1C=O. The first-order valence-electron chi connectivity index (χ1n) is 4.89. The molecule has 0 radical (unpaired) electrons. The van der Waals surface area contributed by atoms with Crippen molar-refractivity contribution in [3.8, 4) is 0 Å². The quantitative estimate of drug-likeness (QED) is 0.486. The number of nitrogens with zero attached hydrogens (tertiary/aromatic N) is 1. The Morgan fingerprint density at radius 3 is 3.00 bits per heavy atom. The van der Waals surface area contributed by atoms with Gasteiger partial charge in [-0.25, -0.2) is 0 Å². The van der Waals surface area contributed by atoms with Gasteiger partial charge in [0, 0.05) is 6.54 Å². The van der Waals surface area contributed by atoms with Crippen molar-refractivity contribution in [2.24, 2.45) is 0 Å². The van der Waals surface area contributed by atoms with E-state index in [0.29, 0.717) is 6.42 Å².